The van der Waals surface area contributed by atoms with Crippen molar-refractivity contribution >= 4 is 28.2 Å². The van der Waals surface area contributed by atoms with Crippen LogP contribution in [0.1, 0.15) is 10.5 Å². The van der Waals surface area contributed by atoms with Gasteiger partial charge in [0, 0.05) is 56.7 Å². The largest absolute Gasteiger partial charge is 0.379 e. The number of fused-ring (bicyclic) bond motifs is 1. The van der Waals surface area contributed by atoms with E-state index in [1.54, 1.807) is 12.4 Å². The van der Waals surface area contributed by atoms with Gasteiger partial charge in [0.2, 0.25) is 0 Å². The number of ether oxygens (including phenoxy) is 1. The number of hydrogen-bond acceptors (Lipinski definition) is 6. The molecule has 29 heavy (non-hydrogen) atoms. The van der Waals surface area contributed by atoms with Crippen molar-refractivity contribution in [3.05, 3.63) is 60.6 Å². The first-order valence-corrected chi connectivity index (χ1v) is 9.83. The normalized spacial score (nSPS) is 14.7. The van der Waals surface area contributed by atoms with Crippen LogP contribution < -0.4 is 10.2 Å². The van der Waals surface area contributed by atoms with E-state index in [1.807, 2.05) is 49.5 Å². The van der Waals surface area contributed by atoms with E-state index in [9.17, 15) is 4.79 Å². The molecule has 1 aliphatic rings. The Kier molecular flexibility index (Phi) is 5.97. The third-order valence-electron chi connectivity index (χ3n) is 5.15. The van der Waals surface area contributed by atoms with Crippen molar-refractivity contribution in [2.24, 2.45) is 0 Å². The second-order valence-electron chi connectivity index (χ2n) is 7.11. The minimum Gasteiger partial charge on any atom is -0.379 e. The van der Waals surface area contributed by atoms with Crippen molar-refractivity contribution in [3.63, 3.8) is 0 Å². The molecule has 1 saturated heterocycles. The van der Waals surface area contributed by atoms with Crippen LogP contribution in [-0.2, 0) is 4.74 Å². The van der Waals surface area contributed by atoms with Crippen LogP contribution in [0.25, 0.3) is 10.9 Å². The monoisotopic (exact) mass is 391 g/mol. The fourth-order valence-corrected chi connectivity index (χ4v) is 3.42. The minimum absolute atomic E-state index is 0.244. The number of morpholine rings is 1. The third-order valence-corrected chi connectivity index (χ3v) is 5.15. The lowest BCUT2D eigenvalue weighted by Gasteiger charge is -2.29. The highest BCUT2D eigenvalue weighted by Gasteiger charge is 2.14. The number of aromatic nitrogens is 2. The first-order chi connectivity index (χ1) is 14.2. The molecule has 3 heterocycles. The zero-order chi connectivity index (χ0) is 20.1. The second kappa shape index (κ2) is 8.98. The fraction of sp³-hybridized carbons (Fsp3) is 0.318. The summed E-state index contributed by atoms with van der Waals surface area (Å²) in [4.78, 5) is 26.0. The van der Waals surface area contributed by atoms with Crippen LogP contribution in [0.3, 0.4) is 0 Å². The quantitative estimate of drug-likeness (QED) is 0.697. The van der Waals surface area contributed by atoms with E-state index in [0.717, 1.165) is 56.0 Å². The highest BCUT2D eigenvalue weighted by molar-refractivity contribution is 6.07. The maximum atomic E-state index is 12.8. The molecule has 0 saturated carbocycles. The van der Waals surface area contributed by atoms with E-state index < -0.39 is 0 Å². The average Bonchev–Trinajstić information content (AvgIpc) is 2.78. The topological polar surface area (TPSA) is 70.6 Å². The van der Waals surface area contributed by atoms with Crippen LogP contribution in [0.5, 0.6) is 0 Å². The summed E-state index contributed by atoms with van der Waals surface area (Å²) in [6.07, 6.45) is 3.40. The van der Waals surface area contributed by atoms with Crippen molar-refractivity contribution in [2.75, 3.05) is 56.7 Å². The van der Waals surface area contributed by atoms with Gasteiger partial charge in [-0.3, -0.25) is 19.7 Å². The number of amides is 1. The minimum atomic E-state index is -0.244. The lowest BCUT2D eigenvalue weighted by Crippen LogP contribution is -2.40. The van der Waals surface area contributed by atoms with Gasteiger partial charge in [-0.1, -0.05) is 18.2 Å². The molecule has 0 atom stereocenters. The number of benzene rings is 1. The summed E-state index contributed by atoms with van der Waals surface area (Å²) in [5.41, 5.74) is 2.80. The molecule has 7 nitrogen and oxygen atoms in total. The molecule has 0 bridgehead atoms. The predicted molar refractivity (Wildman–Crippen MR) is 114 cm³/mol. The standard InChI is InChI=1S/C22H25N5O2/c1-26(10-11-27-12-14-29-15-13-27)18-7-9-23-20(16-18)22(28)25-19-6-2-4-17-5-3-8-24-21(17)19/h2-9,16H,10-15H2,1H3,(H,25,28). The Labute approximate surface area is 170 Å². The van der Waals surface area contributed by atoms with Gasteiger partial charge in [-0.05, 0) is 24.3 Å². The number of pyridine rings is 2. The molecule has 7 heteroatoms. The SMILES string of the molecule is CN(CCN1CCOCC1)c1ccnc(C(=O)Nc2cccc3cccnc23)c1. The third kappa shape index (κ3) is 4.70. The summed E-state index contributed by atoms with van der Waals surface area (Å²) >= 11 is 0. The maximum Gasteiger partial charge on any atom is 0.274 e. The molecule has 150 valence electrons. The second-order valence-corrected chi connectivity index (χ2v) is 7.11. The molecule has 1 aliphatic heterocycles. The van der Waals surface area contributed by atoms with Gasteiger partial charge in [0.25, 0.3) is 5.91 Å². The number of hydrogen-bond donors (Lipinski definition) is 1. The Morgan fingerprint density at radius 3 is 2.83 bits per heavy atom. The molecule has 0 unspecified atom stereocenters. The summed E-state index contributed by atoms with van der Waals surface area (Å²) < 4.78 is 5.40. The van der Waals surface area contributed by atoms with Crippen molar-refractivity contribution in [3.8, 4) is 0 Å². The Hall–Kier alpha value is -3.03. The molecule has 2 aromatic heterocycles. The van der Waals surface area contributed by atoms with Crippen LogP contribution >= 0.6 is 0 Å². The van der Waals surface area contributed by atoms with Crippen LogP contribution in [0, 0.1) is 0 Å². The van der Waals surface area contributed by atoms with E-state index in [2.05, 4.69) is 25.1 Å². The number of likely N-dealkylation sites (N-methyl/N-ethyl adjacent to an activating group) is 1. The lowest BCUT2D eigenvalue weighted by molar-refractivity contribution is 0.0393. The number of nitrogens with one attached hydrogen (secondary N) is 1. The van der Waals surface area contributed by atoms with E-state index >= 15 is 0 Å². The van der Waals surface area contributed by atoms with Crippen molar-refractivity contribution in [2.45, 2.75) is 0 Å². The maximum absolute atomic E-state index is 12.8. The number of nitrogens with zero attached hydrogens (tertiary/aromatic N) is 4. The van der Waals surface area contributed by atoms with Gasteiger partial charge in [-0.15, -0.1) is 0 Å². The first-order valence-electron chi connectivity index (χ1n) is 9.83. The number of para-hydroxylation sites is 1. The van der Waals surface area contributed by atoms with Gasteiger partial charge in [-0.2, -0.15) is 0 Å². The summed E-state index contributed by atoms with van der Waals surface area (Å²) in [7, 11) is 2.03. The molecule has 1 N–H and O–H groups in total. The highest BCUT2D eigenvalue weighted by atomic mass is 16.5. The summed E-state index contributed by atoms with van der Waals surface area (Å²) in [5, 5.41) is 3.93. The van der Waals surface area contributed by atoms with Gasteiger partial charge in [-0.25, -0.2) is 0 Å². The molecular weight excluding hydrogens is 366 g/mol. The molecule has 1 amide bonds. The van der Waals surface area contributed by atoms with E-state index in [-0.39, 0.29) is 5.91 Å². The molecule has 1 aromatic carbocycles. The Balaban J connectivity index is 1.44. The highest BCUT2D eigenvalue weighted by Crippen LogP contribution is 2.21. The molecule has 0 aliphatic carbocycles. The van der Waals surface area contributed by atoms with Crippen molar-refractivity contribution in [1.82, 2.24) is 14.9 Å². The van der Waals surface area contributed by atoms with Crippen LogP contribution in [0.15, 0.2) is 54.9 Å². The molecule has 1 fully saturated rings. The predicted octanol–water partition coefficient (Wildman–Crippen LogP) is 2.65. The zero-order valence-electron chi connectivity index (χ0n) is 16.5. The molecule has 3 aromatic rings. The first kappa shape index (κ1) is 19.3. The van der Waals surface area contributed by atoms with Gasteiger partial charge < -0.3 is 15.0 Å². The number of anilines is 2. The van der Waals surface area contributed by atoms with Crippen LogP contribution in [0.4, 0.5) is 11.4 Å². The Morgan fingerprint density at radius 1 is 1.14 bits per heavy atom. The van der Waals surface area contributed by atoms with E-state index in [1.165, 1.54) is 0 Å². The molecule has 0 spiro atoms. The Bertz CT molecular complexity index is 982. The number of carbonyl (C=O) groups is 1. The van der Waals surface area contributed by atoms with Crippen LogP contribution in [0.2, 0.25) is 0 Å². The fourth-order valence-electron chi connectivity index (χ4n) is 3.42. The van der Waals surface area contributed by atoms with Gasteiger partial charge >= 0.3 is 0 Å². The molecule has 4 rings (SSSR count). The average molecular weight is 391 g/mol. The van der Waals surface area contributed by atoms with E-state index in [0.29, 0.717) is 11.4 Å². The number of rotatable bonds is 6. The van der Waals surface area contributed by atoms with Crippen molar-refractivity contribution in [1.29, 1.82) is 0 Å². The number of carbonyl (C=O) groups excluding carboxylic acids is 1. The van der Waals surface area contributed by atoms with Crippen LogP contribution in [-0.4, -0.2) is 67.2 Å². The zero-order valence-corrected chi connectivity index (χ0v) is 16.5. The summed E-state index contributed by atoms with van der Waals surface area (Å²) in [6.45, 7) is 5.37. The molecular formula is C22H25N5O2. The summed E-state index contributed by atoms with van der Waals surface area (Å²) in [5.74, 6) is -0.244. The Morgan fingerprint density at radius 2 is 1.97 bits per heavy atom. The van der Waals surface area contributed by atoms with Gasteiger partial charge in [0.05, 0.1) is 24.4 Å². The molecule has 0 radical (unpaired) electrons. The van der Waals surface area contributed by atoms with Crippen molar-refractivity contribution < 1.29 is 9.53 Å². The smallest absolute Gasteiger partial charge is 0.274 e. The van der Waals surface area contributed by atoms with Gasteiger partial charge in [0.15, 0.2) is 0 Å². The summed E-state index contributed by atoms with van der Waals surface area (Å²) in [6, 6.07) is 13.3. The van der Waals surface area contributed by atoms with Gasteiger partial charge in [0.1, 0.15) is 5.69 Å². The van der Waals surface area contributed by atoms with E-state index in [4.69, 9.17) is 4.74 Å². The lowest BCUT2D eigenvalue weighted by atomic mass is 10.2.